The molecule has 0 unspecified atom stereocenters. The van der Waals surface area contributed by atoms with E-state index in [0.717, 1.165) is 12.3 Å². The minimum atomic E-state index is 0.741. The number of halogens is 1. The van der Waals surface area contributed by atoms with Crippen LogP contribution in [0.15, 0.2) is 23.3 Å². The van der Waals surface area contributed by atoms with Crippen LogP contribution in [0.25, 0.3) is 0 Å². The van der Waals surface area contributed by atoms with Gasteiger partial charge in [0.15, 0.2) is 0 Å². The van der Waals surface area contributed by atoms with Crippen molar-refractivity contribution in [1.82, 2.24) is 0 Å². The molecule has 13 heavy (non-hydrogen) atoms. The Bertz CT molecular complexity index is 201. The van der Waals surface area contributed by atoms with E-state index < -0.39 is 0 Å². The van der Waals surface area contributed by atoms with E-state index in [1.807, 2.05) is 0 Å². The van der Waals surface area contributed by atoms with E-state index in [9.17, 15) is 0 Å². The molecule has 0 atom stereocenters. The Balaban J connectivity index is 2.52. The third kappa shape index (κ3) is 3.99. The quantitative estimate of drug-likeness (QED) is 0.588. The monoisotopic (exact) mass is 198 g/mol. The molecule has 0 N–H and O–H groups in total. The normalized spacial score (nSPS) is 19.5. The molecule has 0 aromatic rings. The number of hydrogen-bond acceptors (Lipinski definition) is 0. The summed E-state index contributed by atoms with van der Waals surface area (Å²) in [6.45, 7) is 2.21. The zero-order valence-corrected chi connectivity index (χ0v) is 9.24. The summed E-state index contributed by atoms with van der Waals surface area (Å²) in [4.78, 5) is 0. The maximum Gasteiger partial charge on any atom is 0.0258 e. The summed E-state index contributed by atoms with van der Waals surface area (Å²) in [6, 6.07) is 0. The lowest BCUT2D eigenvalue weighted by Crippen LogP contribution is -1.85. The molecule has 1 aliphatic rings. The van der Waals surface area contributed by atoms with E-state index in [-0.39, 0.29) is 0 Å². The highest BCUT2D eigenvalue weighted by Crippen LogP contribution is 2.23. The maximum absolute atomic E-state index is 5.65. The Morgan fingerprint density at radius 1 is 1.46 bits per heavy atom. The van der Waals surface area contributed by atoms with Crippen molar-refractivity contribution >= 4 is 11.6 Å². The van der Waals surface area contributed by atoms with Gasteiger partial charge in [0.25, 0.3) is 0 Å². The molecule has 0 nitrogen and oxygen atoms in total. The smallest absolute Gasteiger partial charge is 0.0258 e. The fourth-order valence-corrected chi connectivity index (χ4v) is 1.88. The molecule has 0 heterocycles. The van der Waals surface area contributed by atoms with Crippen LogP contribution in [0.3, 0.4) is 0 Å². The van der Waals surface area contributed by atoms with Crippen LogP contribution < -0.4 is 0 Å². The first-order valence-corrected chi connectivity index (χ1v) is 5.80. The van der Waals surface area contributed by atoms with Crippen molar-refractivity contribution in [2.75, 3.05) is 5.88 Å². The molecular formula is C12H19Cl. The van der Waals surface area contributed by atoms with Gasteiger partial charge in [-0.3, -0.25) is 0 Å². The highest BCUT2D eigenvalue weighted by atomic mass is 35.5. The maximum atomic E-state index is 5.65. The van der Waals surface area contributed by atoms with E-state index >= 15 is 0 Å². The summed E-state index contributed by atoms with van der Waals surface area (Å²) in [5, 5.41) is 0. The topological polar surface area (TPSA) is 0 Å². The van der Waals surface area contributed by atoms with Crippen LogP contribution in [0.2, 0.25) is 0 Å². The molecule has 0 spiro atoms. The van der Waals surface area contributed by atoms with E-state index in [1.54, 1.807) is 5.57 Å². The van der Waals surface area contributed by atoms with Crippen molar-refractivity contribution in [1.29, 1.82) is 0 Å². The predicted molar refractivity (Wildman–Crippen MR) is 60.3 cm³/mol. The summed E-state index contributed by atoms with van der Waals surface area (Å²) in [5.41, 5.74) is 3.00. The van der Waals surface area contributed by atoms with Crippen LogP contribution in [0, 0.1) is 0 Å². The van der Waals surface area contributed by atoms with E-state index in [4.69, 9.17) is 11.6 Å². The number of allylic oxidation sites excluding steroid dienone is 4. The van der Waals surface area contributed by atoms with Crippen LogP contribution in [-0.4, -0.2) is 5.88 Å². The first-order valence-electron chi connectivity index (χ1n) is 5.26. The van der Waals surface area contributed by atoms with Gasteiger partial charge in [0, 0.05) is 5.88 Å². The Hall–Kier alpha value is -0.230. The molecule has 0 aromatic carbocycles. The van der Waals surface area contributed by atoms with Gasteiger partial charge in [-0.1, -0.05) is 24.1 Å². The fourth-order valence-electron chi connectivity index (χ4n) is 1.78. The molecule has 0 saturated heterocycles. The molecule has 74 valence electrons. The van der Waals surface area contributed by atoms with Crippen molar-refractivity contribution < 1.29 is 0 Å². The van der Waals surface area contributed by atoms with Crippen LogP contribution in [0.1, 0.15) is 45.4 Å². The molecule has 0 aromatic heterocycles. The molecule has 0 aliphatic heterocycles. The molecule has 0 saturated carbocycles. The molecule has 0 fully saturated rings. The summed E-state index contributed by atoms with van der Waals surface area (Å²) in [7, 11) is 0. The van der Waals surface area contributed by atoms with Gasteiger partial charge in [-0.05, 0) is 44.6 Å². The summed E-state index contributed by atoms with van der Waals surface area (Å²) in [6.07, 6.45) is 12.3. The lowest BCUT2D eigenvalue weighted by atomic mass is 10.0. The summed E-state index contributed by atoms with van der Waals surface area (Å²) >= 11 is 5.65. The molecule has 0 amide bonds. The van der Waals surface area contributed by atoms with Crippen LogP contribution in [-0.2, 0) is 0 Å². The predicted octanol–water partition coefficient (Wildman–Crippen LogP) is 4.45. The van der Waals surface area contributed by atoms with Gasteiger partial charge in [0.05, 0.1) is 0 Å². The largest absolute Gasteiger partial charge is 0.126 e. The molecule has 1 heteroatoms. The summed E-state index contributed by atoms with van der Waals surface area (Å²) < 4.78 is 0. The van der Waals surface area contributed by atoms with Crippen LogP contribution in [0.5, 0.6) is 0 Å². The molecule has 1 aliphatic carbocycles. The minimum absolute atomic E-state index is 0.741. The molecular weight excluding hydrogens is 180 g/mol. The summed E-state index contributed by atoms with van der Waals surface area (Å²) in [5.74, 6) is 0.741. The number of hydrogen-bond donors (Lipinski definition) is 0. The third-order valence-corrected chi connectivity index (χ3v) is 2.83. The van der Waals surface area contributed by atoms with Gasteiger partial charge in [0.1, 0.15) is 0 Å². The van der Waals surface area contributed by atoms with Gasteiger partial charge in [-0.25, -0.2) is 0 Å². The first kappa shape index (κ1) is 10.8. The fraction of sp³-hybridized carbons (Fsp3) is 0.667. The van der Waals surface area contributed by atoms with Gasteiger partial charge >= 0.3 is 0 Å². The van der Waals surface area contributed by atoms with Crippen molar-refractivity contribution in [2.45, 2.75) is 45.4 Å². The van der Waals surface area contributed by atoms with E-state index in [2.05, 4.69) is 19.1 Å². The SMILES string of the molecule is CC(=CCCCl)C1=CCCCCC1. The average molecular weight is 199 g/mol. The lowest BCUT2D eigenvalue weighted by molar-refractivity contribution is 0.712. The van der Waals surface area contributed by atoms with Crippen LogP contribution in [0.4, 0.5) is 0 Å². The standard InChI is InChI=1S/C12H19Cl/c1-11(7-6-10-13)12-8-4-2-3-5-9-12/h7-8H,2-6,9-10H2,1H3. The Labute approximate surface area is 86.7 Å². The van der Waals surface area contributed by atoms with E-state index in [0.29, 0.717) is 0 Å². The second kappa shape index (κ2) is 6.26. The zero-order valence-electron chi connectivity index (χ0n) is 8.48. The van der Waals surface area contributed by atoms with Crippen molar-refractivity contribution in [3.8, 4) is 0 Å². The highest BCUT2D eigenvalue weighted by molar-refractivity contribution is 6.17. The van der Waals surface area contributed by atoms with Crippen molar-refractivity contribution in [3.63, 3.8) is 0 Å². The second-order valence-electron chi connectivity index (χ2n) is 3.69. The molecule has 0 radical (unpaired) electrons. The second-order valence-corrected chi connectivity index (χ2v) is 4.07. The Kier molecular flexibility index (Phi) is 5.22. The van der Waals surface area contributed by atoms with Gasteiger partial charge in [-0.15, -0.1) is 11.6 Å². The Morgan fingerprint density at radius 2 is 2.31 bits per heavy atom. The first-order chi connectivity index (χ1) is 6.34. The third-order valence-electron chi connectivity index (χ3n) is 2.61. The molecule has 0 bridgehead atoms. The average Bonchev–Trinajstić information content (AvgIpc) is 2.42. The number of rotatable bonds is 3. The highest BCUT2D eigenvalue weighted by Gasteiger charge is 2.03. The lowest BCUT2D eigenvalue weighted by Gasteiger charge is -2.05. The van der Waals surface area contributed by atoms with Gasteiger partial charge < -0.3 is 0 Å². The van der Waals surface area contributed by atoms with Crippen LogP contribution >= 0.6 is 11.6 Å². The van der Waals surface area contributed by atoms with Gasteiger partial charge in [0.2, 0.25) is 0 Å². The number of alkyl halides is 1. The minimum Gasteiger partial charge on any atom is -0.126 e. The van der Waals surface area contributed by atoms with Crippen molar-refractivity contribution in [3.05, 3.63) is 23.3 Å². The zero-order chi connectivity index (χ0) is 9.52. The van der Waals surface area contributed by atoms with Gasteiger partial charge in [-0.2, -0.15) is 0 Å². The Morgan fingerprint density at radius 3 is 3.08 bits per heavy atom. The molecule has 1 rings (SSSR count). The van der Waals surface area contributed by atoms with E-state index in [1.165, 1.54) is 37.7 Å². The van der Waals surface area contributed by atoms with Crippen molar-refractivity contribution in [2.24, 2.45) is 0 Å².